The van der Waals surface area contributed by atoms with Crippen molar-refractivity contribution in [2.24, 2.45) is 23.0 Å². The van der Waals surface area contributed by atoms with Gasteiger partial charge in [-0.3, -0.25) is 4.98 Å². The van der Waals surface area contributed by atoms with E-state index in [1.54, 1.807) is 45.2 Å². The SMILES string of the molecule is CC(C)(C)OC(=O)N1CC=C2C(N)=C(c3cccnc3)C(C#N)(C#N)C(C#N)[C@@H]2C1. The van der Waals surface area contributed by atoms with Crippen LogP contribution in [0.2, 0.25) is 0 Å². The molecule has 1 aromatic rings. The first-order chi connectivity index (χ1) is 14.2. The minimum atomic E-state index is -1.79. The summed E-state index contributed by atoms with van der Waals surface area (Å²) in [4.78, 5) is 18.1. The molecule has 30 heavy (non-hydrogen) atoms. The Kier molecular flexibility index (Phi) is 5.25. The Balaban J connectivity index is 2.15. The van der Waals surface area contributed by atoms with Gasteiger partial charge in [-0.15, -0.1) is 0 Å². The van der Waals surface area contributed by atoms with Crippen LogP contribution in [0.3, 0.4) is 0 Å². The number of nitrogens with zero attached hydrogens (tertiary/aromatic N) is 5. The third-order valence-corrected chi connectivity index (χ3v) is 5.29. The molecule has 152 valence electrons. The molecule has 0 saturated carbocycles. The molecule has 8 heteroatoms. The van der Waals surface area contributed by atoms with Crippen molar-refractivity contribution in [3.63, 3.8) is 0 Å². The first-order valence-electron chi connectivity index (χ1n) is 9.49. The topological polar surface area (TPSA) is 140 Å². The number of amides is 1. The molecule has 3 rings (SSSR count). The normalized spacial score (nSPS) is 22.7. The van der Waals surface area contributed by atoms with Gasteiger partial charge in [-0.2, -0.15) is 15.8 Å². The molecule has 1 amide bonds. The maximum absolute atomic E-state index is 12.6. The smallest absolute Gasteiger partial charge is 0.410 e. The number of aromatic nitrogens is 1. The molecule has 8 nitrogen and oxygen atoms in total. The molecule has 0 spiro atoms. The fourth-order valence-electron chi connectivity index (χ4n) is 4.01. The van der Waals surface area contributed by atoms with Gasteiger partial charge in [-0.05, 0) is 32.4 Å². The van der Waals surface area contributed by atoms with Crippen LogP contribution in [0.1, 0.15) is 26.3 Å². The maximum atomic E-state index is 12.6. The second-order valence-electron chi connectivity index (χ2n) is 8.32. The quantitative estimate of drug-likeness (QED) is 0.761. The van der Waals surface area contributed by atoms with E-state index in [2.05, 4.69) is 23.2 Å². The summed E-state index contributed by atoms with van der Waals surface area (Å²) in [6.45, 7) is 5.70. The van der Waals surface area contributed by atoms with Crippen LogP contribution >= 0.6 is 0 Å². The van der Waals surface area contributed by atoms with Crippen molar-refractivity contribution in [2.45, 2.75) is 26.4 Å². The van der Waals surface area contributed by atoms with Gasteiger partial charge >= 0.3 is 6.09 Å². The van der Waals surface area contributed by atoms with Crippen molar-refractivity contribution in [3.05, 3.63) is 47.4 Å². The highest BCUT2D eigenvalue weighted by Crippen LogP contribution is 2.53. The first-order valence-corrected chi connectivity index (χ1v) is 9.49. The number of fused-ring (bicyclic) bond motifs is 1. The van der Waals surface area contributed by atoms with Crippen LogP contribution in [0, 0.1) is 51.2 Å². The molecule has 2 atom stereocenters. The summed E-state index contributed by atoms with van der Waals surface area (Å²) in [5.74, 6) is -1.61. The third kappa shape index (κ3) is 3.36. The van der Waals surface area contributed by atoms with Gasteiger partial charge in [0.2, 0.25) is 0 Å². The Bertz CT molecular complexity index is 1030. The lowest BCUT2D eigenvalue weighted by molar-refractivity contribution is 0.0222. The van der Waals surface area contributed by atoms with E-state index < -0.39 is 28.9 Å². The lowest BCUT2D eigenvalue weighted by Crippen LogP contribution is -2.50. The van der Waals surface area contributed by atoms with E-state index in [4.69, 9.17) is 10.5 Å². The van der Waals surface area contributed by atoms with Gasteiger partial charge in [0, 0.05) is 48.2 Å². The lowest BCUT2D eigenvalue weighted by atomic mass is 9.58. The van der Waals surface area contributed by atoms with Crippen molar-refractivity contribution in [1.29, 1.82) is 15.8 Å². The van der Waals surface area contributed by atoms with Crippen LogP contribution < -0.4 is 5.73 Å². The van der Waals surface area contributed by atoms with Crippen LogP contribution in [-0.2, 0) is 4.74 Å². The third-order valence-electron chi connectivity index (χ3n) is 5.29. The predicted octanol–water partition coefficient (Wildman–Crippen LogP) is 2.73. The number of ether oxygens (including phenoxy) is 1. The van der Waals surface area contributed by atoms with Crippen molar-refractivity contribution in [3.8, 4) is 18.2 Å². The molecule has 2 N–H and O–H groups in total. The Hall–Kier alpha value is -3.83. The molecular weight excluding hydrogens is 380 g/mol. The summed E-state index contributed by atoms with van der Waals surface area (Å²) in [7, 11) is 0. The fraction of sp³-hybridized carbons (Fsp3) is 0.409. The molecular formula is C22H22N6O2. The molecule has 1 aliphatic heterocycles. The van der Waals surface area contributed by atoms with Gasteiger partial charge in [-0.1, -0.05) is 12.1 Å². The van der Waals surface area contributed by atoms with Gasteiger partial charge in [0.05, 0.1) is 24.1 Å². The van der Waals surface area contributed by atoms with Gasteiger partial charge in [0.25, 0.3) is 0 Å². The van der Waals surface area contributed by atoms with Crippen LogP contribution in [0.4, 0.5) is 4.79 Å². The van der Waals surface area contributed by atoms with E-state index in [-0.39, 0.29) is 18.8 Å². The van der Waals surface area contributed by atoms with E-state index in [0.29, 0.717) is 16.7 Å². The first kappa shape index (κ1) is 20.9. The minimum absolute atomic E-state index is 0.130. The molecule has 0 aromatic carbocycles. The zero-order valence-corrected chi connectivity index (χ0v) is 17.1. The highest BCUT2D eigenvalue weighted by Gasteiger charge is 2.55. The number of rotatable bonds is 1. The number of nitrogens with two attached hydrogens (primary N) is 1. The van der Waals surface area contributed by atoms with Gasteiger partial charge < -0.3 is 15.4 Å². The lowest BCUT2D eigenvalue weighted by Gasteiger charge is -2.44. The number of hydrogen-bond acceptors (Lipinski definition) is 7. The van der Waals surface area contributed by atoms with Crippen molar-refractivity contribution in [2.75, 3.05) is 13.1 Å². The minimum Gasteiger partial charge on any atom is -0.444 e. The van der Waals surface area contributed by atoms with E-state index in [1.807, 2.05) is 0 Å². The molecule has 0 saturated heterocycles. The predicted molar refractivity (Wildman–Crippen MR) is 107 cm³/mol. The number of hydrogen-bond donors (Lipinski definition) is 1. The standard InChI is InChI=1S/C22H22N6O2/c1-21(2,3)30-20(29)28-8-6-15-16(11-28)17(9-23)22(12-24,13-25)18(19(15)26)14-5-4-7-27-10-14/h4-7,10,16-17H,8,11,26H2,1-3H3/t16-,17?/m1/s1. The summed E-state index contributed by atoms with van der Waals surface area (Å²) >= 11 is 0. The van der Waals surface area contributed by atoms with Crippen molar-refractivity contribution in [1.82, 2.24) is 9.88 Å². The van der Waals surface area contributed by atoms with Crippen LogP contribution in [0.15, 0.2) is 41.9 Å². The average Bonchev–Trinajstić information content (AvgIpc) is 2.72. The maximum Gasteiger partial charge on any atom is 0.410 e. The zero-order valence-electron chi connectivity index (χ0n) is 17.1. The summed E-state index contributed by atoms with van der Waals surface area (Å²) in [6, 6.07) is 9.65. The summed E-state index contributed by atoms with van der Waals surface area (Å²) in [5, 5.41) is 30.1. The second kappa shape index (κ2) is 7.54. The number of nitriles is 3. The number of pyridine rings is 1. The largest absolute Gasteiger partial charge is 0.444 e. The van der Waals surface area contributed by atoms with E-state index in [1.165, 1.54) is 11.1 Å². The van der Waals surface area contributed by atoms with Gasteiger partial charge in [-0.25, -0.2) is 4.79 Å². The average molecular weight is 402 g/mol. The molecule has 1 unspecified atom stereocenters. The molecule has 0 radical (unpaired) electrons. The van der Waals surface area contributed by atoms with Crippen molar-refractivity contribution < 1.29 is 9.53 Å². The van der Waals surface area contributed by atoms with Crippen LogP contribution in [-0.4, -0.2) is 34.7 Å². The van der Waals surface area contributed by atoms with Gasteiger partial charge in [0.15, 0.2) is 5.41 Å². The highest BCUT2D eigenvalue weighted by atomic mass is 16.6. The van der Waals surface area contributed by atoms with E-state index in [9.17, 15) is 20.6 Å². The fourth-order valence-corrected chi connectivity index (χ4v) is 4.01. The van der Waals surface area contributed by atoms with E-state index >= 15 is 0 Å². The highest BCUT2D eigenvalue weighted by molar-refractivity contribution is 5.83. The van der Waals surface area contributed by atoms with Gasteiger partial charge in [0.1, 0.15) is 5.60 Å². The Morgan fingerprint density at radius 1 is 1.33 bits per heavy atom. The molecule has 1 aromatic heterocycles. The van der Waals surface area contributed by atoms with Crippen LogP contribution in [0.5, 0.6) is 0 Å². The molecule has 0 bridgehead atoms. The summed E-state index contributed by atoms with van der Waals surface area (Å²) in [6.07, 6.45) is 4.35. The molecule has 0 fully saturated rings. The number of allylic oxidation sites excluding steroid dienone is 2. The second-order valence-corrected chi connectivity index (χ2v) is 8.32. The molecule has 1 aliphatic carbocycles. The Labute approximate surface area is 175 Å². The summed E-state index contributed by atoms with van der Waals surface area (Å²) in [5.41, 5.74) is 5.77. The Morgan fingerprint density at radius 3 is 2.57 bits per heavy atom. The zero-order chi connectivity index (χ0) is 22.1. The molecule has 2 aliphatic rings. The number of carbonyl (C=O) groups excluding carboxylic acids is 1. The molecule has 2 heterocycles. The monoisotopic (exact) mass is 402 g/mol. The summed E-state index contributed by atoms with van der Waals surface area (Å²) < 4.78 is 5.44. The Morgan fingerprint density at radius 2 is 2.03 bits per heavy atom. The van der Waals surface area contributed by atoms with E-state index in [0.717, 1.165) is 0 Å². The number of carbonyl (C=O) groups is 1. The van der Waals surface area contributed by atoms with Crippen molar-refractivity contribution >= 4 is 11.7 Å². The van der Waals surface area contributed by atoms with Crippen LogP contribution in [0.25, 0.3) is 5.57 Å².